The second-order valence-corrected chi connectivity index (χ2v) is 4.94. The first-order chi connectivity index (χ1) is 9.26. The van der Waals surface area contributed by atoms with Crippen molar-refractivity contribution in [3.63, 3.8) is 0 Å². The summed E-state index contributed by atoms with van der Waals surface area (Å²) in [6.07, 6.45) is 3.52. The van der Waals surface area contributed by atoms with Gasteiger partial charge in [0.1, 0.15) is 11.3 Å². The molecule has 0 aliphatic heterocycles. The van der Waals surface area contributed by atoms with Crippen molar-refractivity contribution in [1.82, 2.24) is 9.55 Å². The van der Waals surface area contributed by atoms with Crippen LogP contribution in [0.5, 0.6) is 5.75 Å². The van der Waals surface area contributed by atoms with E-state index in [0.717, 1.165) is 36.0 Å². The van der Waals surface area contributed by atoms with E-state index < -0.39 is 0 Å². The normalized spacial score (nSPS) is 23.1. The molecular formula is C14H19N3O2. The van der Waals surface area contributed by atoms with Crippen molar-refractivity contribution in [2.45, 2.75) is 31.4 Å². The second kappa shape index (κ2) is 4.74. The van der Waals surface area contributed by atoms with Crippen LogP contribution in [0.4, 0.5) is 5.95 Å². The third kappa shape index (κ3) is 1.85. The van der Waals surface area contributed by atoms with E-state index in [1.165, 1.54) is 0 Å². The lowest BCUT2D eigenvalue weighted by atomic mass is 10.2. The molecule has 0 saturated heterocycles. The van der Waals surface area contributed by atoms with E-state index in [9.17, 15) is 0 Å². The van der Waals surface area contributed by atoms with Gasteiger partial charge in [-0.2, -0.15) is 0 Å². The van der Waals surface area contributed by atoms with E-state index in [-0.39, 0.29) is 12.1 Å². The summed E-state index contributed by atoms with van der Waals surface area (Å²) in [6, 6.07) is 6.17. The number of fused-ring (bicyclic) bond motifs is 1. The number of benzene rings is 1. The number of nitrogen functional groups attached to an aromatic ring is 1. The van der Waals surface area contributed by atoms with Crippen LogP contribution in [0.3, 0.4) is 0 Å². The molecule has 1 aliphatic rings. The van der Waals surface area contributed by atoms with Crippen LogP contribution in [0.2, 0.25) is 0 Å². The standard InChI is InChI=1S/C14H19N3O2/c1-18-11-7-3-5-9(11)17-10-6-4-8-12(19-2)13(10)16-14(17)15/h4,6,8-9,11H,3,5,7H2,1-2H3,(H2,15,16). The van der Waals surface area contributed by atoms with Crippen LogP contribution >= 0.6 is 0 Å². The minimum atomic E-state index is 0.214. The van der Waals surface area contributed by atoms with Gasteiger partial charge in [-0.15, -0.1) is 0 Å². The molecule has 5 heteroatoms. The Balaban J connectivity index is 2.15. The number of hydrogen-bond donors (Lipinski definition) is 1. The molecule has 2 unspecified atom stereocenters. The smallest absolute Gasteiger partial charge is 0.201 e. The Bertz CT molecular complexity index is 594. The summed E-state index contributed by atoms with van der Waals surface area (Å²) in [7, 11) is 3.41. The lowest BCUT2D eigenvalue weighted by Crippen LogP contribution is -2.21. The summed E-state index contributed by atoms with van der Waals surface area (Å²) in [5.41, 5.74) is 7.96. The van der Waals surface area contributed by atoms with Crippen molar-refractivity contribution in [1.29, 1.82) is 0 Å². The van der Waals surface area contributed by atoms with Crippen molar-refractivity contribution >= 4 is 17.0 Å². The fourth-order valence-corrected chi connectivity index (χ4v) is 3.10. The van der Waals surface area contributed by atoms with Gasteiger partial charge >= 0.3 is 0 Å². The highest BCUT2D eigenvalue weighted by Gasteiger charge is 2.31. The van der Waals surface area contributed by atoms with Gasteiger partial charge in [0.25, 0.3) is 0 Å². The molecule has 1 aromatic heterocycles. The zero-order chi connectivity index (χ0) is 13.4. The van der Waals surface area contributed by atoms with Crippen LogP contribution in [0, 0.1) is 0 Å². The van der Waals surface area contributed by atoms with E-state index in [1.807, 2.05) is 18.2 Å². The number of imidazole rings is 1. The van der Waals surface area contributed by atoms with Crippen LogP contribution in [-0.4, -0.2) is 29.9 Å². The van der Waals surface area contributed by atoms with Gasteiger partial charge in [-0.25, -0.2) is 4.98 Å². The zero-order valence-corrected chi connectivity index (χ0v) is 11.3. The molecule has 102 valence electrons. The molecule has 1 saturated carbocycles. The number of nitrogens with two attached hydrogens (primary N) is 1. The highest BCUT2D eigenvalue weighted by Crippen LogP contribution is 2.38. The Morgan fingerprint density at radius 1 is 1.32 bits per heavy atom. The first-order valence-electron chi connectivity index (χ1n) is 6.59. The molecule has 5 nitrogen and oxygen atoms in total. The molecule has 0 radical (unpaired) electrons. The van der Waals surface area contributed by atoms with E-state index >= 15 is 0 Å². The predicted molar refractivity (Wildman–Crippen MR) is 74.4 cm³/mol. The number of hydrogen-bond acceptors (Lipinski definition) is 4. The monoisotopic (exact) mass is 261 g/mol. The van der Waals surface area contributed by atoms with Gasteiger partial charge in [0.05, 0.1) is 24.8 Å². The maximum atomic E-state index is 6.11. The Morgan fingerprint density at radius 2 is 2.16 bits per heavy atom. The minimum Gasteiger partial charge on any atom is -0.494 e. The maximum absolute atomic E-state index is 6.11. The van der Waals surface area contributed by atoms with Crippen LogP contribution in [-0.2, 0) is 4.74 Å². The molecule has 1 heterocycles. The Labute approximate surface area is 112 Å². The number of nitrogens with zero attached hydrogens (tertiary/aromatic N) is 2. The minimum absolute atomic E-state index is 0.214. The van der Waals surface area contributed by atoms with E-state index in [1.54, 1.807) is 14.2 Å². The quantitative estimate of drug-likeness (QED) is 0.921. The molecule has 0 amide bonds. The number of anilines is 1. The van der Waals surface area contributed by atoms with Gasteiger partial charge in [0.2, 0.25) is 5.95 Å². The van der Waals surface area contributed by atoms with Gasteiger partial charge in [-0.1, -0.05) is 6.07 Å². The van der Waals surface area contributed by atoms with Crippen LogP contribution in [0.25, 0.3) is 11.0 Å². The molecule has 2 aromatic rings. The average molecular weight is 261 g/mol. The molecule has 19 heavy (non-hydrogen) atoms. The fraction of sp³-hybridized carbons (Fsp3) is 0.500. The molecule has 2 atom stereocenters. The Hall–Kier alpha value is -1.75. The van der Waals surface area contributed by atoms with Crippen LogP contribution in [0.1, 0.15) is 25.3 Å². The van der Waals surface area contributed by atoms with Gasteiger partial charge in [-0.3, -0.25) is 0 Å². The zero-order valence-electron chi connectivity index (χ0n) is 11.3. The largest absolute Gasteiger partial charge is 0.494 e. The summed E-state index contributed by atoms with van der Waals surface area (Å²) < 4.78 is 13.0. The molecule has 0 bridgehead atoms. The van der Waals surface area contributed by atoms with Gasteiger partial charge in [0, 0.05) is 7.11 Å². The number of methoxy groups -OCH3 is 2. The van der Waals surface area contributed by atoms with Crippen molar-refractivity contribution in [3.05, 3.63) is 18.2 Å². The number of para-hydroxylation sites is 1. The predicted octanol–water partition coefficient (Wildman–Crippen LogP) is 2.37. The van der Waals surface area contributed by atoms with Crippen LogP contribution in [0.15, 0.2) is 18.2 Å². The summed E-state index contributed by atoms with van der Waals surface area (Å²) in [5.74, 6) is 1.29. The topological polar surface area (TPSA) is 62.3 Å². The molecular weight excluding hydrogens is 242 g/mol. The second-order valence-electron chi connectivity index (χ2n) is 4.94. The van der Waals surface area contributed by atoms with Gasteiger partial charge in [-0.05, 0) is 31.4 Å². The molecule has 3 rings (SSSR count). The first kappa shape index (κ1) is 12.3. The maximum Gasteiger partial charge on any atom is 0.201 e. The Morgan fingerprint density at radius 3 is 2.89 bits per heavy atom. The van der Waals surface area contributed by atoms with Crippen molar-refractivity contribution in [2.75, 3.05) is 20.0 Å². The van der Waals surface area contributed by atoms with Crippen molar-refractivity contribution in [3.8, 4) is 5.75 Å². The molecule has 0 spiro atoms. The lowest BCUT2D eigenvalue weighted by molar-refractivity contribution is 0.0768. The van der Waals surface area contributed by atoms with Crippen LogP contribution < -0.4 is 10.5 Å². The van der Waals surface area contributed by atoms with E-state index in [2.05, 4.69) is 9.55 Å². The molecule has 1 fully saturated rings. The summed E-state index contributed by atoms with van der Waals surface area (Å²) in [4.78, 5) is 4.46. The van der Waals surface area contributed by atoms with Crippen molar-refractivity contribution in [2.24, 2.45) is 0 Å². The number of aromatic nitrogens is 2. The fourth-order valence-electron chi connectivity index (χ4n) is 3.10. The third-order valence-electron chi connectivity index (χ3n) is 3.98. The number of rotatable bonds is 3. The highest BCUT2D eigenvalue weighted by molar-refractivity contribution is 5.84. The summed E-state index contributed by atoms with van der Waals surface area (Å²) in [6.45, 7) is 0. The van der Waals surface area contributed by atoms with E-state index in [0.29, 0.717) is 5.95 Å². The number of ether oxygens (including phenoxy) is 2. The SMILES string of the molecule is COc1cccc2c1nc(N)n2C1CCCC1OC. The average Bonchev–Trinajstić information content (AvgIpc) is 3.00. The first-order valence-corrected chi connectivity index (χ1v) is 6.59. The lowest BCUT2D eigenvalue weighted by Gasteiger charge is -2.21. The van der Waals surface area contributed by atoms with Gasteiger partial charge < -0.3 is 19.8 Å². The Kier molecular flexibility index (Phi) is 3.06. The van der Waals surface area contributed by atoms with Gasteiger partial charge in [0.15, 0.2) is 0 Å². The summed E-state index contributed by atoms with van der Waals surface area (Å²) >= 11 is 0. The van der Waals surface area contributed by atoms with E-state index in [4.69, 9.17) is 15.2 Å². The third-order valence-corrected chi connectivity index (χ3v) is 3.98. The molecule has 1 aliphatic carbocycles. The molecule has 2 N–H and O–H groups in total. The molecule has 1 aromatic carbocycles. The highest BCUT2D eigenvalue weighted by atomic mass is 16.5. The van der Waals surface area contributed by atoms with Crippen molar-refractivity contribution < 1.29 is 9.47 Å². The summed E-state index contributed by atoms with van der Waals surface area (Å²) in [5, 5.41) is 0.